The third-order valence-corrected chi connectivity index (χ3v) is 3.55. The molecule has 98 valence electrons. The number of aryl methyl sites for hydroxylation is 1. The van der Waals surface area contributed by atoms with Crippen LogP contribution in [0.15, 0.2) is 12.3 Å². The normalized spacial score (nSPS) is 23.6. The fourth-order valence-corrected chi connectivity index (χ4v) is 2.57. The quantitative estimate of drug-likeness (QED) is 0.854. The zero-order valence-corrected chi connectivity index (χ0v) is 10.6. The van der Waals surface area contributed by atoms with E-state index in [1.165, 1.54) is 0 Å². The largest absolute Gasteiger partial charge is 0.481 e. The molecule has 0 aliphatic heterocycles. The number of rotatable bonds is 4. The lowest BCUT2D eigenvalue weighted by Crippen LogP contribution is -2.31. The highest BCUT2D eigenvalue weighted by Gasteiger charge is 2.30. The number of anilines is 1. The van der Waals surface area contributed by atoms with Gasteiger partial charge in [-0.05, 0) is 31.7 Å². The highest BCUT2D eigenvalue weighted by molar-refractivity contribution is 5.70. The Morgan fingerprint density at radius 1 is 1.50 bits per heavy atom. The summed E-state index contributed by atoms with van der Waals surface area (Å²) < 4.78 is 0. The van der Waals surface area contributed by atoms with E-state index < -0.39 is 5.97 Å². The molecule has 0 spiro atoms. The first kappa shape index (κ1) is 12.8. The molecule has 0 radical (unpaired) electrons. The fraction of sp³-hybridized carbons (Fsp3) is 0.615. The van der Waals surface area contributed by atoms with Crippen molar-refractivity contribution in [2.75, 3.05) is 11.9 Å². The summed E-state index contributed by atoms with van der Waals surface area (Å²) in [6, 6.07) is 1.81. The lowest BCUT2D eigenvalue weighted by molar-refractivity contribution is -0.144. The van der Waals surface area contributed by atoms with Gasteiger partial charge in [-0.15, -0.1) is 0 Å². The van der Waals surface area contributed by atoms with E-state index in [0.717, 1.165) is 37.3 Å². The molecule has 5 heteroatoms. The Morgan fingerprint density at radius 3 is 3.00 bits per heavy atom. The van der Waals surface area contributed by atoms with Gasteiger partial charge in [-0.25, -0.2) is 9.97 Å². The minimum Gasteiger partial charge on any atom is -0.481 e. The van der Waals surface area contributed by atoms with Crippen LogP contribution in [0.2, 0.25) is 0 Å². The van der Waals surface area contributed by atoms with Gasteiger partial charge in [0.15, 0.2) is 0 Å². The van der Waals surface area contributed by atoms with Gasteiger partial charge in [-0.2, -0.15) is 0 Å². The van der Waals surface area contributed by atoms with Crippen molar-refractivity contribution < 1.29 is 9.90 Å². The monoisotopic (exact) mass is 249 g/mol. The van der Waals surface area contributed by atoms with Crippen molar-refractivity contribution >= 4 is 11.8 Å². The third kappa shape index (κ3) is 3.18. The van der Waals surface area contributed by atoms with Crippen LogP contribution in [-0.2, 0) is 4.79 Å². The molecule has 0 saturated heterocycles. The standard InChI is InChI=1S/C13H19N3O2/c1-9-14-7-6-12(16-9)15-8-10-4-2-3-5-11(10)13(17)18/h6-7,10-11H,2-5,8H2,1H3,(H,17,18)(H,14,15,16). The van der Waals surface area contributed by atoms with Crippen LogP contribution in [0, 0.1) is 18.8 Å². The number of nitrogens with zero attached hydrogens (tertiary/aromatic N) is 2. The topological polar surface area (TPSA) is 75.1 Å². The van der Waals surface area contributed by atoms with Crippen LogP contribution < -0.4 is 5.32 Å². The molecule has 2 atom stereocenters. The van der Waals surface area contributed by atoms with E-state index in [2.05, 4.69) is 15.3 Å². The molecule has 18 heavy (non-hydrogen) atoms. The summed E-state index contributed by atoms with van der Waals surface area (Å²) in [6.07, 6.45) is 5.64. The van der Waals surface area contributed by atoms with Crippen LogP contribution in [0.25, 0.3) is 0 Å². The van der Waals surface area contributed by atoms with Crippen molar-refractivity contribution in [2.24, 2.45) is 11.8 Å². The molecule has 1 saturated carbocycles. The summed E-state index contributed by atoms with van der Waals surface area (Å²) in [6.45, 7) is 2.51. The highest BCUT2D eigenvalue weighted by atomic mass is 16.4. The van der Waals surface area contributed by atoms with Gasteiger partial charge in [0.1, 0.15) is 11.6 Å². The summed E-state index contributed by atoms with van der Waals surface area (Å²) in [5, 5.41) is 12.4. The summed E-state index contributed by atoms with van der Waals surface area (Å²) in [5.41, 5.74) is 0. The Balaban J connectivity index is 1.93. The number of nitrogens with one attached hydrogen (secondary N) is 1. The van der Waals surface area contributed by atoms with Gasteiger partial charge >= 0.3 is 5.97 Å². The first-order chi connectivity index (χ1) is 8.66. The lowest BCUT2D eigenvalue weighted by atomic mass is 9.79. The molecular formula is C13H19N3O2. The molecule has 1 aliphatic carbocycles. The van der Waals surface area contributed by atoms with Gasteiger partial charge < -0.3 is 10.4 Å². The Kier molecular flexibility index (Phi) is 4.12. The number of hydrogen-bond donors (Lipinski definition) is 2. The van der Waals surface area contributed by atoms with Gasteiger partial charge in [0.2, 0.25) is 0 Å². The highest BCUT2D eigenvalue weighted by Crippen LogP contribution is 2.30. The minimum absolute atomic E-state index is 0.200. The second-order valence-corrected chi connectivity index (χ2v) is 4.86. The van der Waals surface area contributed by atoms with Crippen molar-refractivity contribution in [1.82, 2.24) is 9.97 Å². The number of hydrogen-bond acceptors (Lipinski definition) is 4. The zero-order valence-electron chi connectivity index (χ0n) is 10.6. The maximum atomic E-state index is 11.2. The Morgan fingerprint density at radius 2 is 2.28 bits per heavy atom. The maximum Gasteiger partial charge on any atom is 0.306 e. The summed E-state index contributed by atoms with van der Waals surface area (Å²) in [4.78, 5) is 19.5. The summed E-state index contributed by atoms with van der Waals surface area (Å²) in [7, 11) is 0. The van der Waals surface area contributed by atoms with E-state index in [0.29, 0.717) is 6.54 Å². The molecule has 0 bridgehead atoms. The maximum absolute atomic E-state index is 11.2. The number of carbonyl (C=O) groups is 1. The Bertz CT molecular complexity index is 422. The molecule has 2 N–H and O–H groups in total. The minimum atomic E-state index is -0.666. The fourth-order valence-electron chi connectivity index (χ4n) is 2.57. The zero-order chi connectivity index (χ0) is 13.0. The summed E-state index contributed by atoms with van der Waals surface area (Å²) >= 11 is 0. The van der Waals surface area contributed by atoms with Crippen LogP contribution in [-0.4, -0.2) is 27.6 Å². The van der Waals surface area contributed by atoms with E-state index in [1.807, 2.05) is 13.0 Å². The van der Waals surface area contributed by atoms with Crippen LogP contribution in [0.5, 0.6) is 0 Å². The van der Waals surface area contributed by atoms with Gasteiger partial charge in [0.05, 0.1) is 5.92 Å². The van der Waals surface area contributed by atoms with E-state index in [4.69, 9.17) is 0 Å². The average molecular weight is 249 g/mol. The molecule has 1 heterocycles. The molecule has 2 rings (SSSR count). The van der Waals surface area contributed by atoms with Crippen molar-refractivity contribution in [3.63, 3.8) is 0 Å². The Hall–Kier alpha value is -1.65. The lowest BCUT2D eigenvalue weighted by Gasteiger charge is -2.28. The van der Waals surface area contributed by atoms with Crippen molar-refractivity contribution in [3.05, 3.63) is 18.1 Å². The van der Waals surface area contributed by atoms with Gasteiger partial charge in [-0.3, -0.25) is 4.79 Å². The predicted octanol–water partition coefficient (Wildman–Crippen LogP) is 2.09. The average Bonchev–Trinajstić information content (AvgIpc) is 2.37. The van der Waals surface area contributed by atoms with E-state index >= 15 is 0 Å². The predicted molar refractivity (Wildman–Crippen MR) is 68.3 cm³/mol. The summed E-state index contributed by atoms with van der Waals surface area (Å²) in [5.74, 6) is 0.816. The van der Waals surface area contributed by atoms with Crippen molar-refractivity contribution in [3.8, 4) is 0 Å². The van der Waals surface area contributed by atoms with Crippen LogP contribution in [0.4, 0.5) is 5.82 Å². The van der Waals surface area contributed by atoms with Crippen LogP contribution in [0.3, 0.4) is 0 Å². The molecule has 1 fully saturated rings. The second-order valence-electron chi connectivity index (χ2n) is 4.86. The number of aliphatic carboxylic acids is 1. The van der Waals surface area contributed by atoms with Crippen LogP contribution in [0.1, 0.15) is 31.5 Å². The molecule has 5 nitrogen and oxygen atoms in total. The van der Waals surface area contributed by atoms with Gasteiger partial charge in [-0.1, -0.05) is 12.8 Å². The van der Waals surface area contributed by atoms with Crippen LogP contribution >= 0.6 is 0 Å². The SMILES string of the molecule is Cc1nccc(NCC2CCCCC2C(=O)O)n1. The number of carboxylic acids is 1. The van der Waals surface area contributed by atoms with E-state index in [-0.39, 0.29) is 11.8 Å². The van der Waals surface area contributed by atoms with E-state index in [1.54, 1.807) is 6.20 Å². The van der Waals surface area contributed by atoms with Gasteiger partial charge in [0.25, 0.3) is 0 Å². The Labute approximate surface area is 107 Å². The molecule has 0 amide bonds. The van der Waals surface area contributed by atoms with Crippen molar-refractivity contribution in [2.45, 2.75) is 32.6 Å². The van der Waals surface area contributed by atoms with Crippen molar-refractivity contribution in [1.29, 1.82) is 0 Å². The number of carboxylic acid groups (broad SMARTS) is 1. The molecular weight excluding hydrogens is 230 g/mol. The van der Waals surface area contributed by atoms with Gasteiger partial charge in [0, 0.05) is 12.7 Å². The second kappa shape index (κ2) is 5.80. The molecule has 1 aromatic heterocycles. The number of aromatic nitrogens is 2. The molecule has 2 unspecified atom stereocenters. The van der Waals surface area contributed by atoms with E-state index in [9.17, 15) is 9.90 Å². The third-order valence-electron chi connectivity index (χ3n) is 3.55. The first-order valence-corrected chi connectivity index (χ1v) is 6.43. The molecule has 1 aliphatic rings. The first-order valence-electron chi connectivity index (χ1n) is 6.43. The smallest absolute Gasteiger partial charge is 0.306 e. The molecule has 1 aromatic rings. The molecule has 0 aromatic carbocycles.